The van der Waals surface area contributed by atoms with Crippen molar-refractivity contribution >= 4 is 12.6 Å². The summed E-state index contributed by atoms with van der Waals surface area (Å²) in [5.74, 6) is 1.65. The molecule has 0 saturated carbocycles. The predicted octanol–water partition coefficient (Wildman–Crippen LogP) is 1.88. The molecule has 0 radical (unpaired) electrons. The first kappa shape index (κ1) is 11.0. The van der Waals surface area contributed by atoms with Crippen molar-refractivity contribution in [1.82, 2.24) is 0 Å². The quantitative estimate of drug-likeness (QED) is 0.752. The van der Waals surface area contributed by atoms with Crippen LogP contribution in [0.2, 0.25) is 0 Å². The van der Waals surface area contributed by atoms with Crippen molar-refractivity contribution in [2.24, 2.45) is 0 Å². The van der Waals surface area contributed by atoms with E-state index in [0.717, 1.165) is 17.7 Å². The number of phenols is 1. The van der Waals surface area contributed by atoms with Crippen LogP contribution in [-0.4, -0.2) is 25.1 Å². The van der Waals surface area contributed by atoms with Gasteiger partial charge in [-0.25, -0.2) is 0 Å². The number of hydrogen-bond donors (Lipinski definition) is 2. The fourth-order valence-electron chi connectivity index (χ4n) is 1.22. The van der Waals surface area contributed by atoms with E-state index in [2.05, 4.69) is 12.6 Å². The van der Waals surface area contributed by atoms with Gasteiger partial charge >= 0.3 is 0 Å². The van der Waals surface area contributed by atoms with Gasteiger partial charge in [0.05, 0.1) is 14.2 Å². The van der Waals surface area contributed by atoms with E-state index in [1.54, 1.807) is 12.1 Å². The van der Waals surface area contributed by atoms with Crippen molar-refractivity contribution in [2.75, 3.05) is 20.0 Å². The van der Waals surface area contributed by atoms with Crippen molar-refractivity contribution in [3.05, 3.63) is 17.7 Å². The molecule has 0 bridgehead atoms. The molecule has 4 heteroatoms. The van der Waals surface area contributed by atoms with E-state index in [1.165, 1.54) is 14.2 Å². The molecule has 1 N–H and O–H groups in total. The molecule has 1 rings (SSSR count). The van der Waals surface area contributed by atoms with Crippen molar-refractivity contribution in [3.63, 3.8) is 0 Å². The van der Waals surface area contributed by atoms with Crippen LogP contribution in [0.1, 0.15) is 5.56 Å². The van der Waals surface area contributed by atoms with Gasteiger partial charge in [0.1, 0.15) is 0 Å². The van der Waals surface area contributed by atoms with E-state index >= 15 is 0 Å². The van der Waals surface area contributed by atoms with Crippen molar-refractivity contribution in [1.29, 1.82) is 0 Å². The van der Waals surface area contributed by atoms with E-state index in [1.807, 2.05) is 0 Å². The van der Waals surface area contributed by atoms with Gasteiger partial charge in [-0.05, 0) is 29.9 Å². The number of hydrogen-bond acceptors (Lipinski definition) is 4. The highest BCUT2D eigenvalue weighted by Gasteiger charge is 2.10. The lowest BCUT2D eigenvalue weighted by Gasteiger charge is -2.10. The second-order valence-corrected chi connectivity index (χ2v) is 3.27. The summed E-state index contributed by atoms with van der Waals surface area (Å²) in [7, 11) is 3.03. The molecule has 0 fully saturated rings. The first-order valence-corrected chi connectivity index (χ1v) is 4.91. The summed E-state index contributed by atoms with van der Waals surface area (Å²) in [6, 6.07) is 3.57. The molecule has 0 unspecified atom stereocenters. The molecule has 0 spiro atoms. The van der Waals surface area contributed by atoms with E-state index < -0.39 is 0 Å². The maximum Gasteiger partial charge on any atom is 0.200 e. The van der Waals surface area contributed by atoms with Crippen molar-refractivity contribution < 1.29 is 14.6 Å². The second-order valence-electron chi connectivity index (χ2n) is 2.82. The zero-order valence-corrected chi connectivity index (χ0v) is 9.17. The smallest absolute Gasteiger partial charge is 0.200 e. The molecule has 0 aliphatic rings. The lowest BCUT2D eigenvalue weighted by Crippen LogP contribution is -1.93. The zero-order valence-electron chi connectivity index (χ0n) is 8.28. The monoisotopic (exact) mass is 214 g/mol. The Morgan fingerprint density at radius 2 is 1.71 bits per heavy atom. The zero-order chi connectivity index (χ0) is 10.6. The summed E-state index contributed by atoms with van der Waals surface area (Å²) in [5, 5.41) is 9.61. The minimum Gasteiger partial charge on any atom is -0.502 e. The lowest BCUT2D eigenvalue weighted by atomic mass is 10.1. The fourth-order valence-corrected chi connectivity index (χ4v) is 1.48. The van der Waals surface area contributed by atoms with Gasteiger partial charge in [0.2, 0.25) is 5.75 Å². The van der Waals surface area contributed by atoms with Crippen LogP contribution in [0.15, 0.2) is 12.1 Å². The molecular weight excluding hydrogens is 200 g/mol. The van der Waals surface area contributed by atoms with Gasteiger partial charge in [0.25, 0.3) is 0 Å². The molecule has 1 aromatic carbocycles. The first-order valence-electron chi connectivity index (χ1n) is 4.27. The number of thiol groups is 1. The van der Waals surface area contributed by atoms with Gasteiger partial charge in [-0.15, -0.1) is 0 Å². The molecular formula is C10H14O3S. The fraction of sp³-hybridized carbons (Fsp3) is 0.400. The third kappa shape index (κ3) is 2.26. The highest BCUT2D eigenvalue weighted by molar-refractivity contribution is 7.80. The Balaban J connectivity index is 3.11. The molecule has 0 aromatic heterocycles. The van der Waals surface area contributed by atoms with Crippen LogP contribution < -0.4 is 9.47 Å². The van der Waals surface area contributed by atoms with Gasteiger partial charge < -0.3 is 14.6 Å². The maximum absolute atomic E-state index is 9.61. The largest absolute Gasteiger partial charge is 0.502 e. The Kier molecular flexibility index (Phi) is 3.95. The molecule has 1 aromatic rings. The van der Waals surface area contributed by atoms with Crippen LogP contribution in [0.3, 0.4) is 0 Å². The van der Waals surface area contributed by atoms with Gasteiger partial charge in [-0.2, -0.15) is 12.6 Å². The Morgan fingerprint density at radius 1 is 1.21 bits per heavy atom. The Morgan fingerprint density at radius 3 is 2.07 bits per heavy atom. The number of aryl methyl sites for hydroxylation is 1. The average Bonchev–Trinajstić information content (AvgIpc) is 2.20. The molecule has 3 nitrogen and oxygen atoms in total. The Bertz CT molecular complexity index is 287. The normalized spacial score (nSPS) is 9.93. The standard InChI is InChI=1S/C10H14O3S/c1-12-8-5-7(3-4-14)6-9(13-2)10(8)11/h5-6,11,14H,3-4H2,1-2H3. The molecule has 14 heavy (non-hydrogen) atoms. The summed E-state index contributed by atoms with van der Waals surface area (Å²) < 4.78 is 10.0. The summed E-state index contributed by atoms with van der Waals surface area (Å²) in [6.07, 6.45) is 0.816. The minimum absolute atomic E-state index is 0.0397. The summed E-state index contributed by atoms with van der Waals surface area (Å²) in [6.45, 7) is 0. The third-order valence-electron chi connectivity index (χ3n) is 1.94. The topological polar surface area (TPSA) is 38.7 Å². The van der Waals surface area contributed by atoms with Crippen LogP contribution >= 0.6 is 12.6 Å². The minimum atomic E-state index is 0.0397. The summed E-state index contributed by atoms with van der Waals surface area (Å²) in [5.41, 5.74) is 1.03. The highest BCUT2D eigenvalue weighted by Crippen LogP contribution is 2.37. The molecule has 0 amide bonds. The van der Waals surface area contributed by atoms with Gasteiger partial charge in [-0.1, -0.05) is 0 Å². The van der Waals surface area contributed by atoms with Crippen LogP contribution in [-0.2, 0) is 6.42 Å². The first-order chi connectivity index (χ1) is 6.72. The van der Waals surface area contributed by atoms with Crippen molar-refractivity contribution in [3.8, 4) is 17.2 Å². The summed E-state index contributed by atoms with van der Waals surface area (Å²) in [4.78, 5) is 0. The Hall–Kier alpha value is -1.03. The van der Waals surface area contributed by atoms with Crippen LogP contribution in [0.25, 0.3) is 0 Å². The van der Waals surface area contributed by atoms with E-state index in [4.69, 9.17) is 9.47 Å². The van der Waals surface area contributed by atoms with E-state index in [0.29, 0.717) is 11.5 Å². The van der Waals surface area contributed by atoms with Crippen molar-refractivity contribution in [2.45, 2.75) is 6.42 Å². The lowest BCUT2D eigenvalue weighted by molar-refractivity contribution is 0.339. The highest BCUT2D eigenvalue weighted by atomic mass is 32.1. The number of benzene rings is 1. The predicted molar refractivity (Wildman–Crippen MR) is 58.8 cm³/mol. The van der Waals surface area contributed by atoms with Gasteiger partial charge in [-0.3, -0.25) is 0 Å². The van der Waals surface area contributed by atoms with Gasteiger partial charge in [0, 0.05) is 0 Å². The second kappa shape index (κ2) is 5.00. The van der Waals surface area contributed by atoms with E-state index in [-0.39, 0.29) is 5.75 Å². The summed E-state index contributed by atoms with van der Waals surface area (Å²) >= 11 is 4.14. The Labute approximate surface area is 89.1 Å². The molecule has 0 aliphatic carbocycles. The molecule has 0 atom stereocenters. The van der Waals surface area contributed by atoms with Crippen LogP contribution in [0.4, 0.5) is 0 Å². The average molecular weight is 214 g/mol. The van der Waals surface area contributed by atoms with E-state index in [9.17, 15) is 5.11 Å². The SMILES string of the molecule is COc1cc(CCS)cc(OC)c1O. The molecule has 0 heterocycles. The number of aromatic hydroxyl groups is 1. The number of methoxy groups -OCH3 is 2. The number of ether oxygens (including phenoxy) is 2. The molecule has 78 valence electrons. The van der Waals surface area contributed by atoms with Crippen LogP contribution in [0, 0.1) is 0 Å². The molecule has 0 aliphatic heterocycles. The molecule has 0 saturated heterocycles. The maximum atomic E-state index is 9.61. The van der Waals surface area contributed by atoms with Gasteiger partial charge in [0.15, 0.2) is 11.5 Å². The van der Waals surface area contributed by atoms with Crippen LogP contribution in [0.5, 0.6) is 17.2 Å². The number of phenolic OH excluding ortho intramolecular Hbond substituents is 1. The number of rotatable bonds is 4. The third-order valence-corrected chi connectivity index (χ3v) is 2.16.